The number of para-hydroxylation sites is 2. The van der Waals surface area contributed by atoms with E-state index in [1.807, 2.05) is 0 Å². The summed E-state index contributed by atoms with van der Waals surface area (Å²) in [6, 6.07) is 12.7. The topological polar surface area (TPSA) is 204 Å². The molecule has 1 heterocycles. The van der Waals surface area contributed by atoms with Gasteiger partial charge >= 0.3 is 6.09 Å². The van der Waals surface area contributed by atoms with E-state index in [0.717, 1.165) is 0 Å². The summed E-state index contributed by atoms with van der Waals surface area (Å²) in [5, 5.41) is 13.7. The number of anilines is 2. The molecule has 14 nitrogen and oxygen atoms in total. The fourth-order valence-corrected chi connectivity index (χ4v) is 3.95. The van der Waals surface area contributed by atoms with Gasteiger partial charge in [-0.2, -0.15) is 0 Å². The molecule has 0 bridgehead atoms. The molecule has 0 saturated heterocycles. The van der Waals surface area contributed by atoms with Gasteiger partial charge in [-0.15, -0.1) is 0 Å². The van der Waals surface area contributed by atoms with Gasteiger partial charge in [-0.05, 0) is 31.3 Å². The van der Waals surface area contributed by atoms with Crippen molar-refractivity contribution in [1.29, 1.82) is 0 Å². The van der Waals surface area contributed by atoms with Gasteiger partial charge in [0.05, 0.1) is 42.3 Å². The molecule has 3 rings (SSSR count). The maximum atomic E-state index is 13.0. The molecule has 40 heavy (non-hydrogen) atoms. The molecule has 15 heteroatoms. The van der Waals surface area contributed by atoms with Gasteiger partial charge in [0.15, 0.2) is 11.5 Å². The molecule has 2 amide bonds. The lowest BCUT2D eigenvalue weighted by Gasteiger charge is -2.13. The highest BCUT2D eigenvalue weighted by molar-refractivity contribution is 7.89. The van der Waals surface area contributed by atoms with Crippen molar-refractivity contribution in [3.8, 4) is 17.0 Å². The number of aromatic nitrogens is 2. The van der Waals surface area contributed by atoms with Gasteiger partial charge in [0, 0.05) is 12.1 Å². The molecule has 0 radical (unpaired) electrons. The number of ether oxygens (including phenoxy) is 3. The average molecular weight is 575 g/mol. The third-order valence-electron chi connectivity index (χ3n) is 5.21. The molecule has 0 saturated carbocycles. The summed E-state index contributed by atoms with van der Waals surface area (Å²) in [7, 11) is -2.28. The molecule has 0 fully saturated rings. The van der Waals surface area contributed by atoms with E-state index in [1.165, 1.54) is 25.4 Å². The summed E-state index contributed by atoms with van der Waals surface area (Å²) in [5.74, 6) is -0.331. The zero-order valence-corrected chi connectivity index (χ0v) is 22.4. The lowest BCUT2D eigenvalue weighted by atomic mass is 10.1. The van der Waals surface area contributed by atoms with E-state index in [0.29, 0.717) is 22.7 Å². The maximum absolute atomic E-state index is 13.0. The average Bonchev–Trinajstić information content (AvgIpc) is 2.96. The van der Waals surface area contributed by atoms with Crippen molar-refractivity contribution in [2.24, 2.45) is 0 Å². The van der Waals surface area contributed by atoms with E-state index in [4.69, 9.17) is 25.1 Å². The van der Waals surface area contributed by atoms with Gasteiger partial charge in [0.25, 0.3) is 5.91 Å². The number of sulfonamides is 1. The van der Waals surface area contributed by atoms with Gasteiger partial charge in [-0.1, -0.05) is 24.3 Å². The standard InChI is InChI=1S/C25H30N6O8S/c1-27-40(35,36)18-8-6-17(7-9-18)20-16-29-23(26)22(30-20)24(33)31-19-4-2-3-5-21(19)38-14-12-37-13-15-39-25(34)28-10-11-32/h2-9,16,27,32H,10-15H2,1H3,(H2,26,29)(H,28,34)(H,31,33). The number of carbonyl (C=O) groups is 2. The number of rotatable bonds is 14. The number of hydrogen-bond acceptors (Lipinski definition) is 11. The Balaban J connectivity index is 1.58. The second-order valence-electron chi connectivity index (χ2n) is 7.92. The first-order chi connectivity index (χ1) is 19.2. The minimum Gasteiger partial charge on any atom is -0.489 e. The Labute approximate surface area is 230 Å². The molecule has 1 aromatic heterocycles. The van der Waals surface area contributed by atoms with E-state index in [9.17, 15) is 18.0 Å². The number of aliphatic hydroxyl groups is 1. The SMILES string of the molecule is CNS(=O)(=O)c1ccc(-c2cnc(N)c(C(=O)Nc3ccccc3OCCOCCOC(=O)NCCO)n2)cc1. The molecule has 0 aliphatic heterocycles. The van der Waals surface area contributed by atoms with Crippen LogP contribution in [0.2, 0.25) is 0 Å². The van der Waals surface area contributed by atoms with Crippen LogP contribution in [0.4, 0.5) is 16.3 Å². The van der Waals surface area contributed by atoms with Crippen LogP contribution < -0.4 is 25.8 Å². The Morgan fingerprint density at radius 2 is 1.75 bits per heavy atom. The molecule has 0 atom stereocenters. The van der Waals surface area contributed by atoms with Gasteiger partial charge in [-0.25, -0.2) is 27.9 Å². The summed E-state index contributed by atoms with van der Waals surface area (Å²) in [6.07, 6.45) is 0.740. The van der Waals surface area contributed by atoms with Gasteiger partial charge < -0.3 is 35.7 Å². The number of aliphatic hydroxyl groups excluding tert-OH is 1. The highest BCUT2D eigenvalue weighted by atomic mass is 32.2. The summed E-state index contributed by atoms with van der Waals surface area (Å²) in [6.45, 7) is 0.452. The van der Waals surface area contributed by atoms with Crippen LogP contribution in [0, 0.1) is 0 Å². The Kier molecular flexibility index (Phi) is 11.1. The molecular formula is C25H30N6O8S. The second kappa shape index (κ2) is 14.7. The minimum absolute atomic E-state index is 0.0324. The molecule has 0 unspecified atom stereocenters. The van der Waals surface area contributed by atoms with Crippen molar-refractivity contribution in [1.82, 2.24) is 20.0 Å². The van der Waals surface area contributed by atoms with E-state index in [-0.39, 0.29) is 56.0 Å². The predicted molar refractivity (Wildman–Crippen MR) is 145 cm³/mol. The van der Waals surface area contributed by atoms with Crippen molar-refractivity contribution < 1.29 is 37.3 Å². The molecule has 214 valence electrons. The Morgan fingerprint density at radius 3 is 2.48 bits per heavy atom. The van der Waals surface area contributed by atoms with Crippen molar-refractivity contribution >= 4 is 33.5 Å². The third-order valence-corrected chi connectivity index (χ3v) is 6.64. The Hall–Kier alpha value is -4.31. The Bertz CT molecular complexity index is 1400. The third kappa shape index (κ3) is 8.60. The molecule has 0 aliphatic carbocycles. The molecule has 3 aromatic rings. The first-order valence-corrected chi connectivity index (χ1v) is 13.5. The zero-order valence-electron chi connectivity index (χ0n) is 21.6. The monoisotopic (exact) mass is 574 g/mol. The fraction of sp³-hybridized carbons (Fsp3) is 0.280. The number of amides is 2. The van der Waals surface area contributed by atoms with Crippen molar-refractivity contribution in [3.05, 3.63) is 60.4 Å². The number of hydrogen-bond donors (Lipinski definition) is 5. The summed E-state index contributed by atoms with van der Waals surface area (Å²) < 4.78 is 42.1. The van der Waals surface area contributed by atoms with E-state index >= 15 is 0 Å². The first-order valence-electron chi connectivity index (χ1n) is 12.0. The maximum Gasteiger partial charge on any atom is 0.407 e. The lowest BCUT2D eigenvalue weighted by Crippen LogP contribution is -2.28. The highest BCUT2D eigenvalue weighted by Gasteiger charge is 2.18. The van der Waals surface area contributed by atoms with Crippen molar-refractivity contribution in [3.63, 3.8) is 0 Å². The summed E-state index contributed by atoms with van der Waals surface area (Å²) >= 11 is 0. The van der Waals surface area contributed by atoms with Crippen LogP contribution in [0.1, 0.15) is 10.5 Å². The normalized spacial score (nSPS) is 11.1. The second-order valence-corrected chi connectivity index (χ2v) is 9.80. The van der Waals surface area contributed by atoms with Crippen LogP contribution >= 0.6 is 0 Å². The number of nitrogens with zero attached hydrogens (tertiary/aromatic N) is 2. The molecule has 0 spiro atoms. The molecule has 6 N–H and O–H groups in total. The first kappa shape index (κ1) is 30.2. The van der Waals surface area contributed by atoms with Crippen LogP contribution in [-0.4, -0.2) is 82.1 Å². The lowest BCUT2D eigenvalue weighted by molar-refractivity contribution is 0.0575. The minimum atomic E-state index is -3.60. The number of nitrogens with one attached hydrogen (secondary N) is 3. The quantitative estimate of drug-likeness (QED) is 0.172. The largest absolute Gasteiger partial charge is 0.489 e. The van der Waals surface area contributed by atoms with Crippen LogP contribution in [-0.2, 0) is 19.5 Å². The number of carbonyl (C=O) groups excluding carboxylic acids is 2. The molecule has 0 aliphatic rings. The number of nitrogen functional groups attached to an aromatic ring is 1. The number of benzene rings is 2. The predicted octanol–water partition coefficient (Wildman–Crippen LogP) is 1.00. The number of nitrogens with two attached hydrogens (primary N) is 1. The summed E-state index contributed by atoms with van der Waals surface area (Å²) in [4.78, 5) is 32.8. The fourth-order valence-electron chi connectivity index (χ4n) is 3.22. The van der Waals surface area contributed by atoms with Crippen LogP contribution in [0.25, 0.3) is 11.3 Å². The van der Waals surface area contributed by atoms with Crippen LogP contribution in [0.15, 0.2) is 59.6 Å². The van der Waals surface area contributed by atoms with Crippen molar-refractivity contribution in [2.45, 2.75) is 4.90 Å². The molecule has 2 aromatic carbocycles. The van der Waals surface area contributed by atoms with E-state index < -0.39 is 22.0 Å². The Morgan fingerprint density at radius 1 is 1.02 bits per heavy atom. The smallest absolute Gasteiger partial charge is 0.407 e. The van der Waals surface area contributed by atoms with Gasteiger partial charge in [-0.3, -0.25) is 4.79 Å². The zero-order chi connectivity index (χ0) is 29.0. The van der Waals surface area contributed by atoms with Crippen LogP contribution in [0.5, 0.6) is 5.75 Å². The van der Waals surface area contributed by atoms with Gasteiger partial charge in [0.2, 0.25) is 10.0 Å². The van der Waals surface area contributed by atoms with E-state index in [1.54, 1.807) is 36.4 Å². The van der Waals surface area contributed by atoms with E-state index in [2.05, 4.69) is 25.3 Å². The molecular weight excluding hydrogens is 544 g/mol. The van der Waals surface area contributed by atoms with Crippen LogP contribution in [0.3, 0.4) is 0 Å². The summed E-state index contributed by atoms with van der Waals surface area (Å²) in [5.41, 5.74) is 7.03. The van der Waals surface area contributed by atoms with Gasteiger partial charge in [0.1, 0.15) is 19.0 Å². The highest BCUT2D eigenvalue weighted by Crippen LogP contribution is 2.26. The number of alkyl carbamates (subject to hydrolysis) is 1. The van der Waals surface area contributed by atoms with Crippen molar-refractivity contribution in [2.75, 3.05) is 57.7 Å².